The molecule has 3 heterocycles. The molecule has 1 saturated heterocycles. The van der Waals surface area contributed by atoms with Crippen molar-refractivity contribution in [2.75, 3.05) is 23.3 Å². The zero-order valence-electron chi connectivity index (χ0n) is 16.2. The van der Waals surface area contributed by atoms with Gasteiger partial charge >= 0.3 is 0 Å². The first-order chi connectivity index (χ1) is 13.5. The Labute approximate surface area is 169 Å². The van der Waals surface area contributed by atoms with Crippen molar-refractivity contribution in [1.82, 2.24) is 14.5 Å². The van der Waals surface area contributed by atoms with Crippen molar-refractivity contribution in [3.05, 3.63) is 47.4 Å². The molecular weight excluding hydrogens is 374 g/mol. The third-order valence-corrected chi connectivity index (χ3v) is 5.20. The van der Waals surface area contributed by atoms with Crippen LogP contribution < -0.4 is 10.2 Å². The van der Waals surface area contributed by atoms with E-state index in [-0.39, 0.29) is 16.6 Å². The molecule has 0 aliphatic carbocycles. The van der Waals surface area contributed by atoms with Crippen LogP contribution in [-0.4, -0.2) is 33.5 Å². The van der Waals surface area contributed by atoms with Crippen molar-refractivity contribution in [1.29, 1.82) is 0 Å². The van der Waals surface area contributed by atoms with E-state index in [2.05, 4.69) is 50.9 Å². The minimum absolute atomic E-state index is 0.205. The van der Waals surface area contributed by atoms with Crippen LogP contribution in [0.5, 0.6) is 0 Å². The number of halogens is 1. The van der Waals surface area contributed by atoms with Gasteiger partial charge in [0.05, 0.1) is 11.2 Å². The number of amides is 1. The topological polar surface area (TPSA) is 63.1 Å². The van der Waals surface area contributed by atoms with E-state index in [9.17, 15) is 4.79 Å². The number of nitrogens with one attached hydrogen (secondary N) is 1. The Morgan fingerprint density at radius 1 is 1.25 bits per heavy atom. The van der Waals surface area contributed by atoms with Gasteiger partial charge in [0.2, 0.25) is 5.95 Å². The Bertz CT molecular complexity index is 1010. The summed E-state index contributed by atoms with van der Waals surface area (Å²) < 4.78 is 2.23. The monoisotopic (exact) mass is 397 g/mol. The molecule has 3 aromatic rings. The average Bonchev–Trinajstić information content (AvgIpc) is 3.32. The minimum atomic E-state index is -0.325. The molecule has 1 aromatic carbocycles. The van der Waals surface area contributed by atoms with E-state index in [1.54, 1.807) is 0 Å². The third-order valence-electron chi connectivity index (χ3n) is 4.93. The predicted octanol–water partition coefficient (Wildman–Crippen LogP) is 4.59. The molecule has 7 heteroatoms. The lowest BCUT2D eigenvalue weighted by molar-refractivity contribution is 0.102. The van der Waals surface area contributed by atoms with E-state index in [0.29, 0.717) is 11.9 Å². The van der Waals surface area contributed by atoms with E-state index in [0.717, 1.165) is 49.1 Å². The van der Waals surface area contributed by atoms with E-state index >= 15 is 0 Å². The first-order valence-corrected chi connectivity index (χ1v) is 10.1. The first-order valence-electron chi connectivity index (χ1n) is 9.69. The van der Waals surface area contributed by atoms with Crippen LogP contribution in [0.15, 0.2) is 36.7 Å². The number of carbonyl (C=O) groups is 1. The molecule has 28 heavy (non-hydrogen) atoms. The fraction of sp³-hybridized carbons (Fsp3) is 0.381. The fourth-order valence-corrected chi connectivity index (χ4v) is 3.78. The van der Waals surface area contributed by atoms with Crippen molar-refractivity contribution in [2.45, 2.75) is 33.2 Å². The summed E-state index contributed by atoms with van der Waals surface area (Å²) in [6.07, 6.45) is 5.82. The lowest BCUT2D eigenvalue weighted by Crippen LogP contribution is -2.23. The Morgan fingerprint density at radius 3 is 2.79 bits per heavy atom. The van der Waals surface area contributed by atoms with E-state index < -0.39 is 0 Å². The van der Waals surface area contributed by atoms with Gasteiger partial charge in [0.25, 0.3) is 5.91 Å². The van der Waals surface area contributed by atoms with Crippen molar-refractivity contribution >= 4 is 40.0 Å². The molecule has 1 aliphatic heterocycles. The number of anilines is 2. The first kappa shape index (κ1) is 18.7. The molecule has 1 fully saturated rings. The van der Waals surface area contributed by atoms with Gasteiger partial charge < -0.3 is 14.8 Å². The summed E-state index contributed by atoms with van der Waals surface area (Å²) in [5.41, 5.74) is 2.08. The largest absolute Gasteiger partial charge is 0.347 e. The van der Waals surface area contributed by atoms with Crippen molar-refractivity contribution in [3.8, 4) is 0 Å². The van der Waals surface area contributed by atoms with Crippen molar-refractivity contribution in [3.63, 3.8) is 0 Å². The zero-order valence-corrected chi connectivity index (χ0v) is 16.9. The maximum Gasteiger partial charge on any atom is 0.276 e. The van der Waals surface area contributed by atoms with Crippen LogP contribution in [0.1, 0.15) is 37.2 Å². The lowest BCUT2D eigenvalue weighted by atomic mass is 10.2. The Balaban J connectivity index is 1.55. The Morgan fingerprint density at radius 2 is 2.04 bits per heavy atom. The summed E-state index contributed by atoms with van der Waals surface area (Å²) in [6, 6.07) is 7.98. The predicted molar refractivity (Wildman–Crippen MR) is 113 cm³/mol. The van der Waals surface area contributed by atoms with E-state index in [4.69, 9.17) is 11.6 Å². The summed E-state index contributed by atoms with van der Waals surface area (Å²) in [5.74, 6) is 0.807. The number of rotatable bonds is 5. The molecule has 1 aliphatic rings. The van der Waals surface area contributed by atoms with Gasteiger partial charge in [-0.15, -0.1) is 0 Å². The second kappa shape index (κ2) is 7.80. The highest BCUT2D eigenvalue weighted by Crippen LogP contribution is 2.24. The SMILES string of the molecule is CC(C)Cn1ccc2cc(NC(=O)c3nc(N4CCCC4)ncc3Cl)ccc21. The summed E-state index contributed by atoms with van der Waals surface area (Å²) >= 11 is 6.20. The zero-order chi connectivity index (χ0) is 19.7. The highest BCUT2D eigenvalue weighted by atomic mass is 35.5. The van der Waals surface area contributed by atoms with Gasteiger partial charge in [-0.2, -0.15) is 0 Å². The number of fused-ring (bicyclic) bond motifs is 1. The molecule has 0 bridgehead atoms. The average molecular weight is 398 g/mol. The molecular formula is C21H24ClN5O. The van der Waals surface area contributed by atoms with Crippen LogP contribution in [0.25, 0.3) is 10.9 Å². The normalized spacial score (nSPS) is 14.2. The second-order valence-electron chi connectivity index (χ2n) is 7.65. The maximum absolute atomic E-state index is 12.8. The summed E-state index contributed by atoms with van der Waals surface area (Å²) in [5, 5.41) is 4.26. The standard InChI is InChI=1S/C21H24ClN5O/c1-14(2)13-27-10-7-15-11-16(5-6-18(15)27)24-20(28)19-17(22)12-23-21(25-19)26-8-3-4-9-26/h5-7,10-12,14H,3-4,8-9,13H2,1-2H3,(H,24,28). The molecule has 0 spiro atoms. The quantitative estimate of drug-likeness (QED) is 0.683. The Kier molecular flexibility index (Phi) is 5.22. The number of aromatic nitrogens is 3. The molecule has 4 rings (SSSR count). The molecule has 0 unspecified atom stereocenters. The number of hydrogen-bond donors (Lipinski definition) is 1. The van der Waals surface area contributed by atoms with E-state index in [1.165, 1.54) is 6.20 Å². The molecule has 1 N–H and O–H groups in total. The van der Waals surface area contributed by atoms with Gasteiger partial charge in [-0.1, -0.05) is 25.4 Å². The lowest BCUT2D eigenvalue weighted by Gasteiger charge is -2.16. The summed E-state index contributed by atoms with van der Waals surface area (Å²) in [4.78, 5) is 23.6. The fourth-order valence-electron chi connectivity index (χ4n) is 3.61. The molecule has 1 amide bonds. The molecule has 2 aromatic heterocycles. The number of benzene rings is 1. The van der Waals surface area contributed by atoms with Crippen LogP contribution in [0.2, 0.25) is 5.02 Å². The molecule has 146 valence electrons. The second-order valence-corrected chi connectivity index (χ2v) is 8.06. The highest BCUT2D eigenvalue weighted by Gasteiger charge is 2.20. The van der Waals surface area contributed by atoms with Gasteiger partial charge in [0, 0.05) is 42.4 Å². The van der Waals surface area contributed by atoms with Gasteiger partial charge in [-0.05, 0) is 43.0 Å². The van der Waals surface area contributed by atoms with Gasteiger partial charge in [0.15, 0.2) is 5.69 Å². The van der Waals surface area contributed by atoms with Crippen LogP contribution in [0.4, 0.5) is 11.6 Å². The van der Waals surface area contributed by atoms with Crippen molar-refractivity contribution < 1.29 is 4.79 Å². The highest BCUT2D eigenvalue weighted by molar-refractivity contribution is 6.34. The molecule has 0 atom stereocenters. The van der Waals surface area contributed by atoms with Gasteiger partial charge in [-0.25, -0.2) is 9.97 Å². The number of carbonyl (C=O) groups excluding carboxylic acids is 1. The molecule has 6 nitrogen and oxygen atoms in total. The van der Waals surface area contributed by atoms with E-state index in [1.807, 2.05) is 18.2 Å². The van der Waals surface area contributed by atoms with Gasteiger partial charge in [0.1, 0.15) is 0 Å². The van der Waals surface area contributed by atoms with Crippen LogP contribution in [0.3, 0.4) is 0 Å². The molecule has 0 saturated carbocycles. The number of nitrogens with zero attached hydrogens (tertiary/aromatic N) is 4. The van der Waals surface area contributed by atoms with Gasteiger partial charge in [-0.3, -0.25) is 4.79 Å². The van der Waals surface area contributed by atoms with Crippen LogP contribution >= 0.6 is 11.6 Å². The van der Waals surface area contributed by atoms with Crippen LogP contribution in [0, 0.1) is 5.92 Å². The van der Waals surface area contributed by atoms with Crippen LogP contribution in [-0.2, 0) is 6.54 Å². The molecule has 0 radical (unpaired) electrons. The summed E-state index contributed by atoms with van der Waals surface area (Å²) in [6.45, 7) is 7.18. The maximum atomic E-state index is 12.8. The van der Waals surface area contributed by atoms with Crippen molar-refractivity contribution in [2.24, 2.45) is 5.92 Å². The number of hydrogen-bond acceptors (Lipinski definition) is 4. The summed E-state index contributed by atoms with van der Waals surface area (Å²) in [7, 11) is 0. The third kappa shape index (κ3) is 3.83. The Hall–Kier alpha value is -2.60. The smallest absolute Gasteiger partial charge is 0.276 e. The minimum Gasteiger partial charge on any atom is -0.347 e.